The van der Waals surface area contributed by atoms with Crippen LogP contribution >= 0.6 is 23.2 Å². The van der Waals surface area contributed by atoms with Gasteiger partial charge >= 0.3 is 0 Å². The maximum absolute atomic E-state index is 6.00. The number of halogens is 2. The van der Waals surface area contributed by atoms with E-state index in [1.165, 1.54) is 0 Å². The Bertz CT molecular complexity index is 349. The van der Waals surface area contributed by atoms with Crippen LogP contribution in [-0.2, 0) is 6.42 Å². The molecule has 1 heterocycles. The lowest BCUT2D eigenvalue weighted by Crippen LogP contribution is -1.98. The van der Waals surface area contributed by atoms with E-state index in [4.69, 9.17) is 23.2 Å². The molecule has 0 spiro atoms. The average Bonchev–Trinajstić information content (AvgIpc) is 2.93. The molecule has 1 aliphatic carbocycles. The summed E-state index contributed by atoms with van der Waals surface area (Å²) in [5, 5.41) is 0.929. The number of nitrogens with zero attached hydrogens (tertiary/aromatic N) is 2. The summed E-state index contributed by atoms with van der Waals surface area (Å²) in [6.07, 6.45) is 4.65. The molecule has 0 radical (unpaired) electrons. The molecule has 0 amide bonds. The van der Waals surface area contributed by atoms with Crippen molar-refractivity contribution < 1.29 is 0 Å². The Labute approximate surface area is 93.0 Å². The highest BCUT2D eigenvalue weighted by atomic mass is 35.5. The lowest BCUT2D eigenvalue weighted by molar-refractivity contribution is 0.911. The van der Waals surface area contributed by atoms with Crippen LogP contribution < -0.4 is 0 Å². The Balaban J connectivity index is 2.38. The van der Waals surface area contributed by atoms with Crippen molar-refractivity contribution in [2.45, 2.75) is 25.2 Å². The number of hydrogen-bond acceptors (Lipinski definition) is 2. The average molecular weight is 229 g/mol. The van der Waals surface area contributed by atoms with Crippen LogP contribution in [0, 0.1) is 0 Å². The van der Waals surface area contributed by atoms with E-state index in [0.717, 1.165) is 24.2 Å². The molecule has 0 unspecified atom stereocenters. The molecule has 1 aliphatic rings. The van der Waals surface area contributed by atoms with E-state index in [-0.39, 0.29) is 0 Å². The van der Waals surface area contributed by atoms with Gasteiger partial charge in [0.15, 0.2) is 0 Å². The van der Waals surface area contributed by atoms with Gasteiger partial charge in [-0.3, -0.25) is 0 Å². The first-order valence-corrected chi connectivity index (χ1v) is 5.30. The Hall–Kier alpha value is -0.600. The molecular weight excluding hydrogens is 219 g/mol. The van der Waals surface area contributed by atoms with Gasteiger partial charge in [-0.2, -0.15) is 0 Å². The molecule has 2 nitrogen and oxygen atoms in total. The molecule has 74 valence electrons. The van der Waals surface area contributed by atoms with E-state index in [1.807, 2.05) is 0 Å². The third kappa shape index (κ3) is 1.91. The van der Waals surface area contributed by atoms with E-state index in [9.17, 15) is 0 Å². The second-order valence-corrected chi connectivity index (χ2v) is 4.13. The normalized spacial score (nSPS) is 15.6. The molecule has 1 aromatic heterocycles. The monoisotopic (exact) mass is 228 g/mol. The summed E-state index contributed by atoms with van der Waals surface area (Å²) in [6, 6.07) is 0. The molecule has 0 N–H and O–H groups in total. The smallest absolute Gasteiger partial charge is 0.137 e. The molecule has 1 fully saturated rings. The summed E-state index contributed by atoms with van der Waals surface area (Å²) in [4.78, 5) is 8.47. The Morgan fingerprint density at radius 1 is 1.29 bits per heavy atom. The summed E-state index contributed by atoms with van der Waals surface area (Å²) in [6.45, 7) is 3.64. The molecule has 2 rings (SSSR count). The SMILES string of the molecule is C=CCc1c(Cl)nc(C2CC2)nc1Cl. The highest BCUT2D eigenvalue weighted by molar-refractivity contribution is 6.34. The van der Waals surface area contributed by atoms with Gasteiger partial charge in [0.25, 0.3) is 0 Å². The zero-order valence-electron chi connectivity index (χ0n) is 7.63. The predicted octanol–water partition coefficient (Wildman–Crippen LogP) is 3.39. The summed E-state index contributed by atoms with van der Waals surface area (Å²) in [5.74, 6) is 1.26. The fraction of sp³-hybridized carbons (Fsp3) is 0.400. The van der Waals surface area contributed by atoms with Crippen LogP contribution in [0.1, 0.15) is 30.1 Å². The highest BCUT2D eigenvalue weighted by Gasteiger charge is 2.28. The summed E-state index contributed by atoms with van der Waals surface area (Å²) in [5.41, 5.74) is 0.771. The third-order valence-corrected chi connectivity index (χ3v) is 2.84. The van der Waals surface area contributed by atoms with Crippen LogP contribution in [-0.4, -0.2) is 9.97 Å². The largest absolute Gasteiger partial charge is 0.221 e. The predicted molar refractivity (Wildman–Crippen MR) is 57.9 cm³/mol. The Morgan fingerprint density at radius 2 is 1.86 bits per heavy atom. The minimum atomic E-state index is 0.465. The van der Waals surface area contributed by atoms with E-state index >= 15 is 0 Å². The van der Waals surface area contributed by atoms with Gasteiger partial charge in [-0.25, -0.2) is 9.97 Å². The lowest BCUT2D eigenvalue weighted by atomic mass is 10.2. The number of hydrogen-bond donors (Lipinski definition) is 0. The Kier molecular flexibility index (Phi) is 2.75. The maximum atomic E-state index is 6.00. The van der Waals surface area contributed by atoms with Gasteiger partial charge in [0, 0.05) is 11.5 Å². The van der Waals surface area contributed by atoms with Crippen molar-refractivity contribution in [1.82, 2.24) is 9.97 Å². The van der Waals surface area contributed by atoms with Crippen LogP contribution in [0.2, 0.25) is 10.3 Å². The van der Waals surface area contributed by atoms with Crippen LogP contribution in [0.15, 0.2) is 12.7 Å². The van der Waals surface area contributed by atoms with Gasteiger partial charge in [-0.15, -0.1) is 6.58 Å². The van der Waals surface area contributed by atoms with Crippen molar-refractivity contribution in [2.75, 3.05) is 0 Å². The van der Waals surface area contributed by atoms with Gasteiger partial charge in [0.05, 0.1) is 0 Å². The first-order chi connectivity index (χ1) is 6.72. The lowest BCUT2D eigenvalue weighted by Gasteiger charge is -2.05. The standard InChI is InChI=1S/C10H10Cl2N2/c1-2-3-7-8(11)13-10(6-4-5-6)14-9(7)12/h2,6H,1,3-5H2. The second-order valence-electron chi connectivity index (χ2n) is 3.41. The highest BCUT2D eigenvalue weighted by Crippen LogP contribution is 2.39. The first-order valence-electron chi connectivity index (χ1n) is 4.55. The van der Waals surface area contributed by atoms with Gasteiger partial charge in [0.2, 0.25) is 0 Å². The number of rotatable bonds is 3. The minimum absolute atomic E-state index is 0.465. The maximum Gasteiger partial charge on any atom is 0.137 e. The van der Waals surface area contributed by atoms with Crippen molar-refractivity contribution in [2.24, 2.45) is 0 Å². The van der Waals surface area contributed by atoms with Crippen LogP contribution in [0.4, 0.5) is 0 Å². The fourth-order valence-electron chi connectivity index (χ4n) is 1.28. The summed E-state index contributed by atoms with van der Waals surface area (Å²) >= 11 is 12.0. The van der Waals surface area contributed by atoms with Gasteiger partial charge < -0.3 is 0 Å². The molecule has 0 saturated heterocycles. The van der Waals surface area contributed by atoms with Crippen molar-refractivity contribution in [1.29, 1.82) is 0 Å². The molecule has 0 aliphatic heterocycles. The second kappa shape index (κ2) is 3.87. The molecule has 1 aromatic rings. The van der Waals surface area contributed by atoms with E-state index < -0.39 is 0 Å². The number of aromatic nitrogens is 2. The zero-order chi connectivity index (χ0) is 10.1. The van der Waals surface area contributed by atoms with Crippen LogP contribution in [0.3, 0.4) is 0 Å². The molecule has 0 aromatic carbocycles. The van der Waals surface area contributed by atoms with E-state index in [1.54, 1.807) is 6.08 Å². The van der Waals surface area contributed by atoms with Crippen molar-refractivity contribution in [3.8, 4) is 0 Å². The van der Waals surface area contributed by atoms with E-state index in [0.29, 0.717) is 22.6 Å². The van der Waals surface area contributed by atoms with Crippen molar-refractivity contribution >= 4 is 23.2 Å². The van der Waals surface area contributed by atoms with Crippen LogP contribution in [0.5, 0.6) is 0 Å². The van der Waals surface area contributed by atoms with Gasteiger partial charge in [-0.05, 0) is 19.3 Å². The molecular formula is C10H10Cl2N2. The molecule has 14 heavy (non-hydrogen) atoms. The third-order valence-electron chi connectivity index (χ3n) is 2.21. The molecule has 1 saturated carbocycles. The molecule has 0 bridgehead atoms. The molecule has 4 heteroatoms. The fourth-order valence-corrected chi connectivity index (χ4v) is 1.84. The quantitative estimate of drug-likeness (QED) is 0.586. The number of allylic oxidation sites excluding steroid dienone is 1. The first kappa shape index (κ1) is 9.94. The van der Waals surface area contributed by atoms with Gasteiger partial charge in [-0.1, -0.05) is 29.3 Å². The summed E-state index contributed by atoms with van der Waals surface area (Å²) in [7, 11) is 0. The van der Waals surface area contributed by atoms with Crippen molar-refractivity contribution in [3.05, 3.63) is 34.3 Å². The Morgan fingerprint density at radius 3 is 2.29 bits per heavy atom. The summed E-state index contributed by atoms with van der Waals surface area (Å²) < 4.78 is 0. The zero-order valence-corrected chi connectivity index (χ0v) is 9.15. The van der Waals surface area contributed by atoms with Crippen molar-refractivity contribution in [3.63, 3.8) is 0 Å². The molecule has 0 atom stereocenters. The van der Waals surface area contributed by atoms with Crippen LogP contribution in [0.25, 0.3) is 0 Å². The minimum Gasteiger partial charge on any atom is -0.221 e. The van der Waals surface area contributed by atoms with Gasteiger partial charge in [0.1, 0.15) is 16.1 Å². The topological polar surface area (TPSA) is 25.8 Å². The van der Waals surface area contributed by atoms with E-state index in [2.05, 4.69) is 16.5 Å².